The predicted octanol–water partition coefficient (Wildman–Crippen LogP) is 1.21. The molecule has 0 fully saturated rings. The van der Waals surface area contributed by atoms with Gasteiger partial charge in [-0.25, -0.2) is 9.59 Å². The highest BCUT2D eigenvalue weighted by Crippen LogP contribution is 1.99. The van der Waals surface area contributed by atoms with Gasteiger partial charge in [0.25, 0.3) is 0 Å². The Labute approximate surface area is 83.3 Å². The Balaban J connectivity index is 3.27. The summed E-state index contributed by atoms with van der Waals surface area (Å²) in [6.45, 7) is 2.40. The lowest BCUT2D eigenvalue weighted by molar-refractivity contribution is -0.272. The molecule has 0 radical (unpaired) electrons. The molecule has 0 heterocycles. The minimum Gasteiger partial charge on any atom is -0.461 e. The lowest BCUT2D eigenvalue weighted by Crippen LogP contribution is -2.19. The van der Waals surface area contributed by atoms with Crippen LogP contribution in [0.1, 0.15) is 32.6 Å². The number of rotatable bonds is 6. The van der Waals surface area contributed by atoms with Gasteiger partial charge >= 0.3 is 11.9 Å². The summed E-state index contributed by atoms with van der Waals surface area (Å²) >= 11 is 0. The monoisotopic (exact) mass is 204 g/mol. The van der Waals surface area contributed by atoms with Crippen LogP contribution in [0.2, 0.25) is 0 Å². The molecule has 0 bridgehead atoms. The molecule has 0 unspecified atom stereocenters. The summed E-state index contributed by atoms with van der Waals surface area (Å²) in [7, 11) is 1.10. The normalized spacial score (nSPS) is 9.57. The van der Waals surface area contributed by atoms with E-state index in [0.29, 0.717) is 6.61 Å². The molecule has 82 valence electrons. The van der Waals surface area contributed by atoms with E-state index >= 15 is 0 Å². The largest absolute Gasteiger partial charge is 0.461 e. The van der Waals surface area contributed by atoms with Crippen molar-refractivity contribution in [2.45, 2.75) is 32.6 Å². The van der Waals surface area contributed by atoms with E-state index in [2.05, 4.69) is 21.4 Å². The maximum absolute atomic E-state index is 10.6. The predicted molar refractivity (Wildman–Crippen MR) is 48.2 cm³/mol. The van der Waals surface area contributed by atoms with E-state index in [1.54, 1.807) is 0 Å². The van der Waals surface area contributed by atoms with Crippen LogP contribution in [-0.4, -0.2) is 25.7 Å². The number of hydrogen-bond donors (Lipinski definition) is 0. The second kappa shape index (κ2) is 8.50. The maximum atomic E-state index is 10.6. The molecule has 0 aromatic heterocycles. The molecule has 0 saturated carbocycles. The highest BCUT2D eigenvalue weighted by molar-refractivity contribution is 6.29. The van der Waals surface area contributed by atoms with Crippen molar-refractivity contribution < 1.29 is 24.1 Å². The molecule has 5 heteroatoms. The zero-order valence-corrected chi connectivity index (χ0v) is 8.58. The molecular formula is C9H16O5. The van der Waals surface area contributed by atoms with Gasteiger partial charge in [-0.05, 0) is 6.42 Å². The molecule has 0 amide bonds. The highest BCUT2D eigenvalue weighted by atomic mass is 17.2. The summed E-state index contributed by atoms with van der Waals surface area (Å²) in [4.78, 5) is 29.8. The molecule has 14 heavy (non-hydrogen) atoms. The van der Waals surface area contributed by atoms with Crippen LogP contribution in [-0.2, 0) is 24.1 Å². The number of ether oxygens (including phenoxy) is 1. The Hall–Kier alpha value is -1.10. The SMILES string of the molecule is CCCCCCOOC(=O)C(=O)OC. The van der Waals surface area contributed by atoms with Gasteiger partial charge in [-0.15, -0.1) is 0 Å². The lowest BCUT2D eigenvalue weighted by Gasteiger charge is -2.01. The first-order chi connectivity index (χ1) is 6.72. The van der Waals surface area contributed by atoms with Crippen molar-refractivity contribution >= 4 is 11.9 Å². The molecule has 0 saturated heterocycles. The molecule has 0 spiro atoms. The van der Waals surface area contributed by atoms with Crippen molar-refractivity contribution in [1.29, 1.82) is 0 Å². The topological polar surface area (TPSA) is 61.8 Å². The first-order valence-corrected chi connectivity index (χ1v) is 4.64. The van der Waals surface area contributed by atoms with E-state index in [-0.39, 0.29) is 0 Å². The fourth-order valence-electron chi connectivity index (χ4n) is 0.800. The molecule has 0 aliphatic carbocycles. The van der Waals surface area contributed by atoms with Crippen LogP contribution in [0.5, 0.6) is 0 Å². The Bertz CT molecular complexity index is 178. The van der Waals surface area contributed by atoms with Gasteiger partial charge in [0.15, 0.2) is 0 Å². The molecule has 0 aliphatic heterocycles. The van der Waals surface area contributed by atoms with E-state index in [1.165, 1.54) is 0 Å². The van der Waals surface area contributed by atoms with Gasteiger partial charge in [0.05, 0.1) is 13.7 Å². The molecule has 0 rings (SSSR count). The van der Waals surface area contributed by atoms with Gasteiger partial charge in [0.2, 0.25) is 0 Å². The van der Waals surface area contributed by atoms with Crippen LogP contribution in [0.25, 0.3) is 0 Å². The summed E-state index contributed by atoms with van der Waals surface area (Å²) in [5.41, 5.74) is 0. The van der Waals surface area contributed by atoms with Crippen molar-refractivity contribution in [2.24, 2.45) is 0 Å². The van der Waals surface area contributed by atoms with Gasteiger partial charge in [0.1, 0.15) is 0 Å². The Morgan fingerprint density at radius 1 is 1.07 bits per heavy atom. The van der Waals surface area contributed by atoms with Crippen LogP contribution >= 0.6 is 0 Å². The maximum Gasteiger partial charge on any atom is 0.449 e. The molecule has 0 N–H and O–H groups in total. The van der Waals surface area contributed by atoms with Crippen LogP contribution in [0.3, 0.4) is 0 Å². The van der Waals surface area contributed by atoms with Gasteiger partial charge < -0.3 is 4.74 Å². The second-order valence-corrected chi connectivity index (χ2v) is 2.75. The third kappa shape index (κ3) is 6.42. The smallest absolute Gasteiger partial charge is 0.449 e. The molecule has 0 aromatic rings. The van der Waals surface area contributed by atoms with Gasteiger partial charge in [-0.2, -0.15) is 4.89 Å². The van der Waals surface area contributed by atoms with Crippen molar-refractivity contribution in [2.75, 3.05) is 13.7 Å². The average Bonchev–Trinajstić information content (AvgIpc) is 2.21. The van der Waals surface area contributed by atoms with Crippen LogP contribution in [0.4, 0.5) is 0 Å². The van der Waals surface area contributed by atoms with E-state index in [1.807, 2.05) is 0 Å². The van der Waals surface area contributed by atoms with Gasteiger partial charge in [-0.3, -0.25) is 4.89 Å². The molecule has 5 nitrogen and oxygen atoms in total. The Morgan fingerprint density at radius 3 is 2.36 bits per heavy atom. The number of carbonyl (C=O) groups excluding carboxylic acids is 2. The molecule has 0 aliphatic rings. The van der Waals surface area contributed by atoms with E-state index in [4.69, 9.17) is 0 Å². The van der Waals surface area contributed by atoms with Gasteiger partial charge in [0, 0.05) is 0 Å². The van der Waals surface area contributed by atoms with E-state index in [0.717, 1.165) is 32.8 Å². The van der Waals surface area contributed by atoms with Crippen LogP contribution < -0.4 is 0 Å². The Kier molecular flexibility index (Phi) is 7.83. The zero-order chi connectivity index (χ0) is 10.8. The number of unbranched alkanes of at least 4 members (excludes halogenated alkanes) is 3. The van der Waals surface area contributed by atoms with Crippen molar-refractivity contribution in [3.8, 4) is 0 Å². The first kappa shape index (κ1) is 12.9. The summed E-state index contributed by atoms with van der Waals surface area (Å²) in [5, 5.41) is 0. The summed E-state index contributed by atoms with van der Waals surface area (Å²) in [5.74, 6) is -2.18. The molecule has 0 aromatic carbocycles. The van der Waals surface area contributed by atoms with Crippen LogP contribution in [0.15, 0.2) is 0 Å². The minimum absolute atomic E-state index is 0.308. The third-order valence-corrected chi connectivity index (χ3v) is 1.57. The lowest BCUT2D eigenvalue weighted by atomic mass is 10.2. The number of esters is 1. The number of methoxy groups -OCH3 is 1. The van der Waals surface area contributed by atoms with E-state index < -0.39 is 11.9 Å². The standard InChI is InChI=1S/C9H16O5/c1-3-4-5-6-7-13-14-9(11)8(10)12-2/h3-7H2,1-2H3. The Morgan fingerprint density at radius 2 is 1.79 bits per heavy atom. The summed E-state index contributed by atoms with van der Waals surface area (Å²) < 4.78 is 4.11. The molecule has 0 atom stereocenters. The van der Waals surface area contributed by atoms with Gasteiger partial charge in [-0.1, -0.05) is 26.2 Å². The number of hydrogen-bond acceptors (Lipinski definition) is 5. The molecular weight excluding hydrogens is 188 g/mol. The van der Waals surface area contributed by atoms with Crippen molar-refractivity contribution in [1.82, 2.24) is 0 Å². The van der Waals surface area contributed by atoms with Crippen molar-refractivity contribution in [3.63, 3.8) is 0 Å². The average molecular weight is 204 g/mol. The summed E-state index contributed by atoms with van der Waals surface area (Å²) in [6.07, 6.45) is 4.07. The number of carbonyl (C=O) groups is 2. The van der Waals surface area contributed by atoms with E-state index in [9.17, 15) is 9.59 Å². The van der Waals surface area contributed by atoms with Crippen LogP contribution in [0, 0.1) is 0 Å². The third-order valence-electron chi connectivity index (χ3n) is 1.57. The quantitative estimate of drug-likeness (QED) is 0.214. The summed E-state index contributed by atoms with van der Waals surface area (Å²) in [6, 6.07) is 0. The highest BCUT2D eigenvalue weighted by Gasteiger charge is 2.16. The fourth-order valence-corrected chi connectivity index (χ4v) is 0.800. The zero-order valence-electron chi connectivity index (χ0n) is 8.58. The minimum atomic E-state index is -1.12. The fraction of sp³-hybridized carbons (Fsp3) is 0.778. The van der Waals surface area contributed by atoms with Crippen molar-refractivity contribution in [3.05, 3.63) is 0 Å². The second-order valence-electron chi connectivity index (χ2n) is 2.75. The first-order valence-electron chi connectivity index (χ1n) is 4.64.